The van der Waals surface area contributed by atoms with Crippen molar-refractivity contribution in [1.82, 2.24) is 9.97 Å². The second kappa shape index (κ2) is 4.33. The van der Waals surface area contributed by atoms with Crippen molar-refractivity contribution < 1.29 is 0 Å². The Labute approximate surface area is 83.0 Å². The van der Waals surface area contributed by atoms with Gasteiger partial charge in [0.1, 0.15) is 6.33 Å². The minimum atomic E-state index is 1.01. The molecule has 2 rings (SSSR count). The molecule has 0 unspecified atom stereocenters. The molecule has 0 aliphatic heterocycles. The zero-order valence-electron chi connectivity index (χ0n) is 7.67. The quantitative estimate of drug-likeness (QED) is 0.713. The summed E-state index contributed by atoms with van der Waals surface area (Å²) < 4.78 is 0. The summed E-state index contributed by atoms with van der Waals surface area (Å²) >= 11 is 0. The number of nitrogens with zero attached hydrogens (tertiary/aromatic N) is 2. The third kappa shape index (κ3) is 2.26. The average molecular weight is 182 g/mol. The lowest BCUT2D eigenvalue weighted by molar-refractivity contribution is 1.16. The molecule has 0 saturated carbocycles. The van der Waals surface area contributed by atoms with E-state index in [2.05, 4.69) is 22.1 Å². The molecule has 68 valence electrons. The van der Waals surface area contributed by atoms with Crippen LogP contribution in [0.3, 0.4) is 0 Å². The van der Waals surface area contributed by atoms with Gasteiger partial charge in [-0.05, 0) is 5.56 Å². The Balaban J connectivity index is 2.16. The highest BCUT2D eigenvalue weighted by Crippen LogP contribution is 2.05. The van der Waals surface area contributed by atoms with Gasteiger partial charge in [0.25, 0.3) is 0 Å². The SMILES string of the molecule is C(=C\c1cncnc1)/c1ccccc1. The predicted octanol–water partition coefficient (Wildman–Crippen LogP) is 2.65. The smallest absolute Gasteiger partial charge is 0.115 e. The Bertz CT molecular complexity index is 365. The molecule has 1 aromatic carbocycles. The average Bonchev–Trinajstić information content (AvgIpc) is 2.29. The van der Waals surface area contributed by atoms with Crippen LogP contribution < -0.4 is 0 Å². The minimum absolute atomic E-state index is 1.01. The van der Waals surface area contributed by atoms with Gasteiger partial charge < -0.3 is 0 Å². The van der Waals surface area contributed by atoms with Crippen molar-refractivity contribution in [3.63, 3.8) is 0 Å². The van der Waals surface area contributed by atoms with Gasteiger partial charge in [-0.2, -0.15) is 0 Å². The van der Waals surface area contributed by atoms with Gasteiger partial charge in [0.05, 0.1) is 0 Å². The zero-order chi connectivity index (χ0) is 9.64. The second-order valence-corrected chi connectivity index (χ2v) is 2.92. The molecule has 2 heteroatoms. The molecule has 1 heterocycles. The number of aromatic nitrogens is 2. The van der Waals surface area contributed by atoms with Crippen LogP contribution in [0.1, 0.15) is 11.1 Å². The Morgan fingerprint density at radius 3 is 2.14 bits per heavy atom. The zero-order valence-corrected chi connectivity index (χ0v) is 7.67. The Morgan fingerprint density at radius 2 is 1.43 bits per heavy atom. The Morgan fingerprint density at radius 1 is 0.786 bits per heavy atom. The van der Waals surface area contributed by atoms with Crippen molar-refractivity contribution in [2.75, 3.05) is 0 Å². The van der Waals surface area contributed by atoms with E-state index in [4.69, 9.17) is 0 Å². The van der Waals surface area contributed by atoms with Crippen LogP contribution in [-0.4, -0.2) is 9.97 Å². The molecule has 2 nitrogen and oxygen atoms in total. The third-order valence-electron chi connectivity index (χ3n) is 1.85. The number of rotatable bonds is 2. The van der Waals surface area contributed by atoms with Gasteiger partial charge in [0.2, 0.25) is 0 Å². The summed E-state index contributed by atoms with van der Waals surface area (Å²) in [5, 5.41) is 0. The first-order valence-corrected chi connectivity index (χ1v) is 4.43. The maximum Gasteiger partial charge on any atom is 0.115 e. The van der Waals surface area contributed by atoms with Gasteiger partial charge in [-0.3, -0.25) is 0 Å². The first kappa shape index (κ1) is 8.63. The van der Waals surface area contributed by atoms with Gasteiger partial charge in [-0.15, -0.1) is 0 Å². The Hall–Kier alpha value is -1.96. The number of hydrogen-bond donors (Lipinski definition) is 0. The van der Waals surface area contributed by atoms with E-state index >= 15 is 0 Å². The minimum Gasteiger partial charge on any atom is -0.244 e. The summed E-state index contributed by atoms with van der Waals surface area (Å²) in [6.07, 6.45) is 9.13. The van der Waals surface area contributed by atoms with Gasteiger partial charge in [-0.1, -0.05) is 42.5 Å². The standard InChI is InChI=1S/C12H10N2/c1-2-4-11(5-3-1)6-7-12-8-13-10-14-9-12/h1-10H/b7-6+. The van der Waals surface area contributed by atoms with Crippen molar-refractivity contribution >= 4 is 12.2 Å². The van der Waals surface area contributed by atoms with E-state index in [0.29, 0.717) is 0 Å². The molecule has 0 saturated heterocycles. The van der Waals surface area contributed by atoms with Crippen LogP contribution in [0.4, 0.5) is 0 Å². The molecule has 2 aromatic rings. The monoisotopic (exact) mass is 182 g/mol. The van der Waals surface area contributed by atoms with Crippen molar-refractivity contribution in [2.24, 2.45) is 0 Å². The maximum absolute atomic E-state index is 3.93. The van der Waals surface area contributed by atoms with Crippen molar-refractivity contribution in [2.45, 2.75) is 0 Å². The molecule has 0 aliphatic rings. The molecule has 0 aliphatic carbocycles. The van der Waals surface area contributed by atoms with E-state index in [-0.39, 0.29) is 0 Å². The molecule has 0 atom stereocenters. The third-order valence-corrected chi connectivity index (χ3v) is 1.85. The summed E-state index contributed by atoms with van der Waals surface area (Å²) in [6.45, 7) is 0. The van der Waals surface area contributed by atoms with Crippen molar-refractivity contribution in [3.05, 3.63) is 60.2 Å². The van der Waals surface area contributed by atoms with Crippen LogP contribution in [0, 0.1) is 0 Å². The molecular formula is C12H10N2. The van der Waals surface area contributed by atoms with Gasteiger partial charge in [0.15, 0.2) is 0 Å². The fourth-order valence-corrected chi connectivity index (χ4v) is 1.15. The molecule has 0 spiro atoms. The lowest BCUT2D eigenvalue weighted by atomic mass is 10.2. The molecule has 0 bridgehead atoms. The molecule has 14 heavy (non-hydrogen) atoms. The highest BCUT2D eigenvalue weighted by atomic mass is 14.8. The van der Waals surface area contributed by atoms with Gasteiger partial charge in [0, 0.05) is 18.0 Å². The van der Waals surface area contributed by atoms with Gasteiger partial charge >= 0.3 is 0 Å². The molecular weight excluding hydrogens is 172 g/mol. The van der Waals surface area contributed by atoms with Crippen LogP contribution in [0.5, 0.6) is 0 Å². The van der Waals surface area contributed by atoms with Crippen LogP contribution in [-0.2, 0) is 0 Å². The van der Waals surface area contributed by atoms with E-state index in [9.17, 15) is 0 Å². The van der Waals surface area contributed by atoms with E-state index < -0.39 is 0 Å². The lowest BCUT2D eigenvalue weighted by Crippen LogP contribution is -1.77. The van der Waals surface area contributed by atoms with Crippen LogP contribution in [0.25, 0.3) is 12.2 Å². The van der Waals surface area contributed by atoms with Gasteiger partial charge in [-0.25, -0.2) is 9.97 Å². The summed E-state index contributed by atoms with van der Waals surface area (Å²) in [6, 6.07) is 10.1. The highest BCUT2D eigenvalue weighted by Gasteiger charge is 1.85. The first-order valence-electron chi connectivity index (χ1n) is 4.43. The van der Waals surface area contributed by atoms with Crippen LogP contribution >= 0.6 is 0 Å². The Kier molecular flexibility index (Phi) is 2.67. The number of hydrogen-bond acceptors (Lipinski definition) is 2. The summed E-state index contributed by atoms with van der Waals surface area (Å²) in [5.41, 5.74) is 2.19. The lowest BCUT2D eigenvalue weighted by Gasteiger charge is -1.91. The molecule has 1 aromatic heterocycles. The summed E-state index contributed by atoms with van der Waals surface area (Å²) in [7, 11) is 0. The van der Waals surface area contributed by atoms with E-state index in [1.165, 1.54) is 11.9 Å². The molecule has 0 amide bonds. The van der Waals surface area contributed by atoms with E-state index in [1.807, 2.05) is 30.4 Å². The molecule has 0 fully saturated rings. The topological polar surface area (TPSA) is 25.8 Å². The maximum atomic E-state index is 3.93. The fraction of sp³-hybridized carbons (Fsp3) is 0. The predicted molar refractivity (Wildman–Crippen MR) is 57.4 cm³/mol. The van der Waals surface area contributed by atoms with E-state index in [0.717, 1.165) is 5.56 Å². The van der Waals surface area contributed by atoms with Crippen LogP contribution in [0.2, 0.25) is 0 Å². The highest BCUT2D eigenvalue weighted by molar-refractivity contribution is 5.68. The van der Waals surface area contributed by atoms with E-state index in [1.54, 1.807) is 12.4 Å². The second-order valence-electron chi connectivity index (χ2n) is 2.92. The largest absolute Gasteiger partial charge is 0.244 e. The van der Waals surface area contributed by atoms with Crippen molar-refractivity contribution in [1.29, 1.82) is 0 Å². The first-order chi connectivity index (χ1) is 6.95. The molecule has 0 radical (unpaired) electrons. The summed E-state index contributed by atoms with van der Waals surface area (Å²) in [5.74, 6) is 0. The number of benzene rings is 1. The summed E-state index contributed by atoms with van der Waals surface area (Å²) in [4.78, 5) is 7.87. The normalized spacial score (nSPS) is 10.6. The van der Waals surface area contributed by atoms with Crippen molar-refractivity contribution in [3.8, 4) is 0 Å². The molecule has 0 N–H and O–H groups in total. The fourth-order valence-electron chi connectivity index (χ4n) is 1.15. The van der Waals surface area contributed by atoms with Crippen LogP contribution in [0.15, 0.2) is 49.1 Å².